The Kier molecular flexibility index (Phi) is 20.4. The molecule has 0 radical (unpaired) electrons. The molecule has 0 spiro atoms. The lowest BCUT2D eigenvalue weighted by Gasteiger charge is -2.38. The summed E-state index contributed by atoms with van der Waals surface area (Å²) < 4.78 is 24.1. The summed E-state index contributed by atoms with van der Waals surface area (Å²) >= 11 is 0. The number of methoxy groups -OCH3 is 2. The van der Waals surface area contributed by atoms with E-state index in [0.29, 0.717) is 12.8 Å². The maximum atomic E-state index is 14.0. The smallest absolute Gasteiger partial charge is 0.306 e. The van der Waals surface area contributed by atoms with Crippen LogP contribution in [0.25, 0.3) is 0 Å². The van der Waals surface area contributed by atoms with Crippen molar-refractivity contribution < 1.29 is 33.3 Å². The summed E-state index contributed by atoms with van der Waals surface area (Å²) in [6.07, 6.45) is 20.6. The molecule has 1 aliphatic rings. The number of carbonyl (C=O) groups excluding carboxylic acids is 3. The standard InChI is InChI=1S/C49H68N2O7/c1-5-6-7-8-9-10-11-12-13-14-15-16-17-18-22-25-47(53)51-37-45(58-48(54)35-34-46(52)50-2)36-42(51)38-57-49(39-23-20-19-21-24-39,40-26-30-43(55-3)31-27-40)41-28-32-44(56-4)33-29-41/h12-13,19-21,23-24,26-33,42,45H,5-11,14-18,22,25,34-38H2,1-4H3,(H,50,52)/b13-12-/t42-,45+/m0/s1. The molecule has 1 fully saturated rings. The molecule has 2 amide bonds. The van der Waals surface area contributed by atoms with Gasteiger partial charge >= 0.3 is 5.97 Å². The first kappa shape index (κ1) is 46.1. The van der Waals surface area contributed by atoms with Gasteiger partial charge in [-0.05, 0) is 73.1 Å². The molecule has 3 aromatic rings. The van der Waals surface area contributed by atoms with Gasteiger partial charge < -0.3 is 29.2 Å². The van der Waals surface area contributed by atoms with Crippen molar-refractivity contribution in [2.24, 2.45) is 0 Å². The number of likely N-dealkylation sites (tertiary alicyclic amines) is 1. The number of hydrogen-bond acceptors (Lipinski definition) is 7. The molecule has 316 valence electrons. The lowest BCUT2D eigenvalue weighted by atomic mass is 9.80. The van der Waals surface area contributed by atoms with Crippen LogP contribution in [0.15, 0.2) is 91.0 Å². The van der Waals surface area contributed by atoms with Gasteiger partial charge in [0.05, 0.1) is 39.8 Å². The molecule has 0 bridgehead atoms. The second kappa shape index (κ2) is 25.7. The third kappa shape index (κ3) is 14.3. The lowest BCUT2D eigenvalue weighted by molar-refractivity contribution is -0.150. The van der Waals surface area contributed by atoms with Gasteiger partial charge in [0.15, 0.2) is 0 Å². The van der Waals surface area contributed by atoms with E-state index in [0.717, 1.165) is 60.3 Å². The number of hydrogen-bond donors (Lipinski definition) is 1. The molecule has 0 aliphatic carbocycles. The zero-order valence-electron chi connectivity index (χ0n) is 35.6. The lowest BCUT2D eigenvalue weighted by Crippen LogP contribution is -2.42. The van der Waals surface area contributed by atoms with Gasteiger partial charge in [-0.2, -0.15) is 0 Å². The maximum absolute atomic E-state index is 14.0. The van der Waals surface area contributed by atoms with Crippen LogP contribution in [-0.4, -0.2) is 69.2 Å². The summed E-state index contributed by atoms with van der Waals surface area (Å²) in [6.45, 7) is 2.73. The summed E-state index contributed by atoms with van der Waals surface area (Å²) in [5.74, 6) is 0.819. The Morgan fingerprint density at radius 1 is 0.690 bits per heavy atom. The third-order valence-corrected chi connectivity index (χ3v) is 11.1. The Bertz CT molecular complexity index is 1610. The molecule has 1 heterocycles. The highest BCUT2D eigenvalue weighted by atomic mass is 16.5. The Morgan fingerprint density at radius 3 is 1.78 bits per heavy atom. The number of benzene rings is 3. The van der Waals surface area contributed by atoms with E-state index in [-0.39, 0.29) is 43.8 Å². The molecule has 3 aromatic carbocycles. The molecule has 0 unspecified atom stereocenters. The van der Waals surface area contributed by atoms with Gasteiger partial charge in [0.2, 0.25) is 11.8 Å². The van der Waals surface area contributed by atoms with Crippen molar-refractivity contribution in [3.63, 3.8) is 0 Å². The predicted molar refractivity (Wildman–Crippen MR) is 231 cm³/mol. The first-order chi connectivity index (χ1) is 28.3. The van der Waals surface area contributed by atoms with Crippen molar-refractivity contribution in [3.8, 4) is 11.5 Å². The molecular weight excluding hydrogens is 729 g/mol. The van der Waals surface area contributed by atoms with Crippen molar-refractivity contribution in [2.75, 3.05) is 34.4 Å². The van der Waals surface area contributed by atoms with Crippen molar-refractivity contribution in [3.05, 3.63) is 108 Å². The summed E-state index contributed by atoms with van der Waals surface area (Å²) in [5, 5.41) is 2.55. The molecule has 1 N–H and O–H groups in total. The second-order valence-electron chi connectivity index (χ2n) is 15.4. The van der Waals surface area contributed by atoms with Gasteiger partial charge in [0.1, 0.15) is 23.2 Å². The van der Waals surface area contributed by atoms with Gasteiger partial charge in [-0.3, -0.25) is 14.4 Å². The molecule has 9 heteroatoms. The highest BCUT2D eigenvalue weighted by molar-refractivity contribution is 5.81. The predicted octanol–water partition coefficient (Wildman–Crippen LogP) is 10.1. The molecule has 2 atom stereocenters. The zero-order chi connectivity index (χ0) is 41.4. The van der Waals surface area contributed by atoms with Gasteiger partial charge in [0.25, 0.3) is 0 Å². The van der Waals surface area contributed by atoms with Gasteiger partial charge in [0, 0.05) is 26.3 Å². The number of carbonyl (C=O) groups is 3. The molecule has 0 aromatic heterocycles. The molecule has 1 saturated heterocycles. The van der Waals surface area contributed by atoms with Crippen molar-refractivity contribution >= 4 is 17.8 Å². The Balaban J connectivity index is 1.44. The number of nitrogens with zero attached hydrogens (tertiary/aromatic N) is 1. The van der Waals surface area contributed by atoms with Crippen LogP contribution in [0.2, 0.25) is 0 Å². The number of unbranched alkanes of at least 4 members (excludes halogenated alkanes) is 11. The Morgan fingerprint density at radius 2 is 1.22 bits per heavy atom. The van der Waals surface area contributed by atoms with E-state index in [2.05, 4.69) is 36.5 Å². The third-order valence-electron chi connectivity index (χ3n) is 11.1. The minimum atomic E-state index is -1.06. The van der Waals surface area contributed by atoms with Crippen molar-refractivity contribution in [1.29, 1.82) is 0 Å². The fourth-order valence-corrected chi connectivity index (χ4v) is 7.79. The van der Waals surface area contributed by atoms with Gasteiger partial charge in [-0.25, -0.2) is 0 Å². The van der Waals surface area contributed by atoms with E-state index in [1.807, 2.05) is 71.6 Å². The largest absolute Gasteiger partial charge is 0.497 e. The fourth-order valence-electron chi connectivity index (χ4n) is 7.79. The summed E-state index contributed by atoms with van der Waals surface area (Å²) in [6, 6.07) is 25.5. The van der Waals surface area contributed by atoms with Crippen LogP contribution in [0.4, 0.5) is 0 Å². The van der Waals surface area contributed by atoms with Crippen LogP contribution < -0.4 is 14.8 Å². The molecule has 58 heavy (non-hydrogen) atoms. The van der Waals surface area contributed by atoms with Gasteiger partial charge in [-0.15, -0.1) is 0 Å². The van der Waals surface area contributed by atoms with Crippen LogP contribution in [0.3, 0.4) is 0 Å². The van der Waals surface area contributed by atoms with E-state index < -0.39 is 17.7 Å². The molecule has 4 rings (SSSR count). The van der Waals surface area contributed by atoms with Crippen LogP contribution in [-0.2, 0) is 29.5 Å². The van der Waals surface area contributed by atoms with Crippen molar-refractivity contribution in [2.45, 2.75) is 134 Å². The monoisotopic (exact) mass is 797 g/mol. The number of amides is 2. The normalized spacial score (nSPS) is 15.4. The van der Waals surface area contributed by atoms with Crippen LogP contribution >= 0.6 is 0 Å². The molecule has 1 aliphatic heterocycles. The maximum Gasteiger partial charge on any atom is 0.306 e. The number of nitrogens with one attached hydrogen (secondary N) is 1. The topological polar surface area (TPSA) is 103 Å². The minimum Gasteiger partial charge on any atom is -0.497 e. The average Bonchev–Trinajstić information content (AvgIpc) is 3.67. The summed E-state index contributed by atoms with van der Waals surface area (Å²) in [5.41, 5.74) is 1.66. The fraction of sp³-hybridized carbons (Fsp3) is 0.531. The molecular formula is C49H68N2O7. The SMILES string of the molecule is CCCCCCCC/C=C\CCCCCCCC(=O)N1C[C@H](OC(=O)CCC(=O)NC)C[C@H]1COC(c1ccccc1)(c1ccc(OC)cc1)c1ccc(OC)cc1. The van der Waals surface area contributed by atoms with E-state index in [1.165, 1.54) is 51.4 Å². The van der Waals surface area contributed by atoms with Gasteiger partial charge in [-0.1, -0.05) is 125 Å². The zero-order valence-corrected chi connectivity index (χ0v) is 35.6. The van der Waals surface area contributed by atoms with Crippen LogP contribution in [0.1, 0.15) is 133 Å². The number of rotatable bonds is 27. The number of ether oxygens (including phenoxy) is 4. The summed E-state index contributed by atoms with van der Waals surface area (Å²) in [4.78, 5) is 40.5. The highest BCUT2D eigenvalue weighted by Crippen LogP contribution is 2.42. The quantitative estimate of drug-likeness (QED) is 0.0355. The van der Waals surface area contributed by atoms with E-state index >= 15 is 0 Å². The van der Waals surface area contributed by atoms with Crippen LogP contribution in [0, 0.1) is 0 Å². The van der Waals surface area contributed by atoms with E-state index in [1.54, 1.807) is 21.3 Å². The Labute approximate surface area is 347 Å². The van der Waals surface area contributed by atoms with Crippen molar-refractivity contribution in [1.82, 2.24) is 10.2 Å². The molecule has 0 saturated carbocycles. The second-order valence-corrected chi connectivity index (χ2v) is 15.4. The van der Waals surface area contributed by atoms with E-state index in [9.17, 15) is 14.4 Å². The van der Waals surface area contributed by atoms with Crippen LogP contribution in [0.5, 0.6) is 11.5 Å². The number of esters is 1. The highest BCUT2D eigenvalue weighted by Gasteiger charge is 2.42. The molecule has 9 nitrogen and oxygen atoms in total. The summed E-state index contributed by atoms with van der Waals surface area (Å²) in [7, 11) is 4.83. The first-order valence-electron chi connectivity index (χ1n) is 21.7. The Hall–Kier alpha value is -4.63. The first-order valence-corrected chi connectivity index (χ1v) is 21.7. The average molecular weight is 797 g/mol. The number of allylic oxidation sites excluding steroid dienone is 2. The minimum absolute atomic E-state index is 0.0216. The van der Waals surface area contributed by atoms with E-state index in [4.69, 9.17) is 18.9 Å².